The number of amides is 1. The summed E-state index contributed by atoms with van der Waals surface area (Å²) in [5, 5.41) is 8.61. The van der Waals surface area contributed by atoms with Gasteiger partial charge in [0.2, 0.25) is 0 Å². The molecule has 0 aliphatic carbocycles. The molecule has 0 aliphatic rings. The van der Waals surface area contributed by atoms with Crippen molar-refractivity contribution in [1.29, 1.82) is 0 Å². The first kappa shape index (κ1) is 18.7. The average molecular weight is 456 g/mol. The van der Waals surface area contributed by atoms with Gasteiger partial charge in [-0.05, 0) is 43.3 Å². The third kappa shape index (κ3) is 3.55. The SMILES string of the molecule is COc1ccccc1CNC(=O)c1cc2c(C)nn(-c3ccc(Br)cc3)c2s1. The summed E-state index contributed by atoms with van der Waals surface area (Å²) in [4.78, 5) is 14.3. The predicted molar refractivity (Wildman–Crippen MR) is 116 cm³/mol. The highest BCUT2D eigenvalue weighted by molar-refractivity contribution is 9.10. The van der Waals surface area contributed by atoms with Crippen LogP contribution in [0.1, 0.15) is 20.9 Å². The zero-order valence-corrected chi connectivity index (χ0v) is 17.8. The number of halogens is 1. The number of benzene rings is 2. The van der Waals surface area contributed by atoms with Gasteiger partial charge in [0.25, 0.3) is 5.91 Å². The van der Waals surface area contributed by atoms with E-state index in [4.69, 9.17) is 4.74 Å². The lowest BCUT2D eigenvalue weighted by molar-refractivity contribution is 0.0955. The predicted octanol–water partition coefficient (Wildman–Crippen LogP) is 5.10. The number of ether oxygens (including phenoxy) is 1. The molecule has 2 aromatic carbocycles. The maximum Gasteiger partial charge on any atom is 0.261 e. The van der Waals surface area contributed by atoms with Crippen LogP contribution in [0.4, 0.5) is 0 Å². The first-order chi connectivity index (χ1) is 13.6. The van der Waals surface area contributed by atoms with Gasteiger partial charge in [0.15, 0.2) is 0 Å². The zero-order chi connectivity index (χ0) is 19.7. The van der Waals surface area contributed by atoms with Crippen molar-refractivity contribution >= 4 is 43.4 Å². The lowest BCUT2D eigenvalue weighted by Gasteiger charge is -2.08. The molecule has 0 radical (unpaired) electrons. The van der Waals surface area contributed by atoms with Gasteiger partial charge in [-0.15, -0.1) is 11.3 Å². The molecule has 1 amide bonds. The second-order valence-electron chi connectivity index (χ2n) is 6.30. The quantitative estimate of drug-likeness (QED) is 0.455. The van der Waals surface area contributed by atoms with Gasteiger partial charge in [-0.25, -0.2) is 4.68 Å². The van der Waals surface area contributed by atoms with Gasteiger partial charge in [0, 0.05) is 22.0 Å². The molecule has 2 heterocycles. The molecular weight excluding hydrogens is 438 g/mol. The molecule has 0 fully saturated rings. The number of hydrogen-bond donors (Lipinski definition) is 1. The fourth-order valence-corrected chi connectivity index (χ4v) is 4.39. The molecule has 1 N–H and O–H groups in total. The molecule has 0 aliphatic heterocycles. The van der Waals surface area contributed by atoms with Crippen LogP contribution in [0.5, 0.6) is 5.75 Å². The van der Waals surface area contributed by atoms with Gasteiger partial charge in [-0.2, -0.15) is 5.10 Å². The summed E-state index contributed by atoms with van der Waals surface area (Å²) in [6.45, 7) is 2.37. The number of aromatic nitrogens is 2. The molecule has 7 heteroatoms. The van der Waals surface area contributed by atoms with Crippen molar-refractivity contribution in [2.24, 2.45) is 0 Å². The van der Waals surface area contributed by atoms with E-state index in [0.29, 0.717) is 11.4 Å². The standard InChI is InChI=1S/C21H18BrN3O2S/c1-13-17-11-19(20(26)23-12-14-5-3-4-6-18(14)27-2)28-21(17)25(24-13)16-9-7-15(22)8-10-16/h3-11H,12H2,1-2H3,(H,23,26). The molecular formula is C21H18BrN3O2S. The lowest BCUT2D eigenvalue weighted by Crippen LogP contribution is -2.22. The Balaban J connectivity index is 1.60. The Bertz CT molecular complexity index is 1150. The summed E-state index contributed by atoms with van der Waals surface area (Å²) >= 11 is 4.90. The summed E-state index contributed by atoms with van der Waals surface area (Å²) in [6.07, 6.45) is 0. The Labute approximate surface area is 175 Å². The molecule has 5 nitrogen and oxygen atoms in total. The Hall–Kier alpha value is -2.64. The summed E-state index contributed by atoms with van der Waals surface area (Å²) < 4.78 is 8.24. The summed E-state index contributed by atoms with van der Waals surface area (Å²) in [5.41, 5.74) is 2.80. The molecule has 0 saturated carbocycles. The van der Waals surface area contributed by atoms with E-state index >= 15 is 0 Å². The topological polar surface area (TPSA) is 56.1 Å². The van der Waals surface area contributed by atoms with E-state index < -0.39 is 0 Å². The number of thiophene rings is 1. The van der Waals surface area contributed by atoms with Crippen LogP contribution in [0.15, 0.2) is 59.1 Å². The summed E-state index contributed by atoms with van der Waals surface area (Å²) in [7, 11) is 1.63. The molecule has 0 bridgehead atoms. The van der Waals surface area contributed by atoms with Crippen molar-refractivity contribution in [3.05, 3.63) is 75.2 Å². The largest absolute Gasteiger partial charge is 0.496 e. The number of fused-ring (bicyclic) bond motifs is 1. The Morgan fingerprint density at radius 2 is 1.96 bits per heavy atom. The van der Waals surface area contributed by atoms with Gasteiger partial charge in [0.1, 0.15) is 10.6 Å². The van der Waals surface area contributed by atoms with Gasteiger partial charge in [0.05, 0.1) is 23.4 Å². The molecule has 4 rings (SSSR count). The molecule has 2 aromatic heterocycles. The Morgan fingerprint density at radius 3 is 2.71 bits per heavy atom. The highest BCUT2D eigenvalue weighted by atomic mass is 79.9. The number of para-hydroxylation sites is 1. The number of rotatable bonds is 5. The van der Waals surface area contributed by atoms with Crippen molar-refractivity contribution in [2.45, 2.75) is 13.5 Å². The van der Waals surface area contributed by atoms with Crippen LogP contribution in [0.2, 0.25) is 0 Å². The zero-order valence-electron chi connectivity index (χ0n) is 15.4. The first-order valence-electron chi connectivity index (χ1n) is 8.72. The van der Waals surface area contributed by atoms with Crippen molar-refractivity contribution in [2.75, 3.05) is 7.11 Å². The van der Waals surface area contributed by atoms with E-state index in [1.165, 1.54) is 11.3 Å². The van der Waals surface area contributed by atoms with Gasteiger partial charge >= 0.3 is 0 Å². The third-order valence-electron chi connectivity index (χ3n) is 4.47. The van der Waals surface area contributed by atoms with Crippen molar-refractivity contribution in [3.63, 3.8) is 0 Å². The normalized spacial score (nSPS) is 11.0. The molecule has 0 atom stereocenters. The van der Waals surface area contributed by atoms with Crippen LogP contribution in [0.25, 0.3) is 15.9 Å². The Morgan fingerprint density at radius 1 is 1.21 bits per heavy atom. The van der Waals surface area contributed by atoms with Crippen LogP contribution in [0.3, 0.4) is 0 Å². The van der Waals surface area contributed by atoms with Crippen LogP contribution in [-0.2, 0) is 6.54 Å². The minimum atomic E-state index is -0.103. The van der Waals surface area contributed by atoms with E-state index in [9.17, 15) is 4.79 Å². The summed E-state index contributed by atoms with van der Waals surface area (Å²) in [6, 6.07) is 17.5. The third-order valence-corrected chi connectivity index (χ3v) is 6.11. The van der Waals surface area contributed by atoms with E-state index in [1.807, 2.05) is 66.2 Å². The van der Waals surface area contributed by atoms with Crippen molar-refractivity contribution in [3.8, 4) is 11.4 Å². The lowest BCUT2D eigenvalue weighted by atomic mass is 10.2. The van der Waals surface area contributed by atoms with E-state index in [2.05, 4.69) is 26.3 Å². The second kappa shape index (κ2) is 7.77. The average Bonchev–Trinajstić information content (AvgIpc) is 3.28. The molecule has 4 aromatic rings. The number of carbonyl (C=O) groups is 1. The van der Waals surface area contributed by atoms with Gasteiger partial charge in [-0.1, -0.05) is 34.1 Å². The van der Waals surface area contributed by atoms with Crippen LogP contribution >= 0.6 is 27.3 Å². The van der Waals surface area contributed by atoms with Crippen LogP contribution in [0, 0.1) is 6.92 Å². The Kier molecular flexibility index (Phi) is 5.19. The number of hydrogen-bond acceptors (Lipinski definition) is 4. The van der Waals surface area contributed by atoms with Crippen molar-refractivity contribution < 1.29 is 9.53 Å². The molecule has 0 unspecified atom stereocenters. The second-order valence-corrected chi connectivity index (χ2v) is 8.24. The first-order valence-corrected chi connectivity index (χ1v) is 10.3. The van der Waals surface area contributed by atoms with Crippen LogP contribution < -0.4 is 10.1 Å². The molecule has 0 spiro atoms. The number of carbonyl (C=O) groups excluding carboxylic acids is 1. The number of nitrogens with one attached hydrogen (secondary N) is 1. The van der Waals surface area contributed by atoms with Crippen LogP contribution in [-0.4, -0.2) is 22.8 Å². The molecule has 28 heavy (non-hydrogen) atoms. The monoisotopic (exact) mass is 455 g/mol. The van der Waals surface area contributed by atoms with Gasteiger partial charge in [-0.3, -0.25) is 4.79 Å². The molecule has 142 valence electrons. The van der Waals surface area contributed by atoms with Gasteiger partial charge < -0.3 is 10.1 Å². The maximum atomic E-state index is 12.7. The number of aryl methyl sites for hydroxylation is 1. The van der Waals surface area contributed by atoms with E-state index in [1.54, 1.807) is 7.11 Å². The minimum absolute atomic E-state index is 0.103. The minimum Gasteiger partial charge on any atom is -0.496 e. The number of methoxy groups -OCH3 is 1. The smallest absolute Gasteiger partial charge is 0.261 e. The highest BCUT2D eigenvalue weighted by Crippen LogP contribution is 2.31. The van der Waals surface area contributed by atoms with E-state index in [0.717, 1.165) is 37.4 Å². The summed E-state index contributed by atoms with van der Waals surface area (Å²) in [5.74, 6) is 0.662. The number of nitrogens with zero attached hydrogens (tertiary/aromatic N) is 2. The maximum absolute atomic E-state index is 12.7. The highest BCUT2D eigenvalue weighted by Gasteiger charge is 2.17. The fourth-order valence-electron chi connectivity index (χ4n) is 3.03. The van der Waals surface area contributed by atoms with E-state index in [-0.39, 0.29) is 5.91 Å². The van der Waals surface area contributed by atoms with Crippen molar-refractivity contribution in [1.82, 2.24) is 15.1 Å². The molecule has 0 saturated heterocycles. The fraction of sp³-hybridized carbons (Fsp3) is 0.143.